The summed E-state index contributed by atoms with van der Waals surface area (Å²) in [7, 11) is -1.74. The summed E-state index contributed by atoms with van der Waals surface area (Å²) in [5.74, 6) is -0.850. The fourth-order valence-corrected chi connectivity index (χ4v) is 1.17. The van der Waals surface area contributed by atoms with Crippen LogP contribution in [0.2, 0.25) is 0 Å². The molecule has 0 aliphatic carbocycles. The highest BCUT2D eigenvalue weighted by Crippen LogP contribution is 2.10. The molecule has 0 unspecified atom stereocenters. The van der Waals surface area contributed by atoms with Crippen molar-refractivity contribution in [3.05, 3.63) is 23.8 Å². The molecule has 1 aromatic rings. The Morgan fingerprint density at radius 2 is 2.13 bits per heavy atom. The molecule has 0 bridgehead atoms. The number of hydrogen-bond acceptors (Lipinski definition) is 4. The summed E-state index contributed by atoms with van der Waals surface area (Å²) >= 11 is 0. The van der Waals surface area contributed by atoms with Crippen LogP contribution in [-0.2, 0) is 0 Å². The van der Waals surface area contributed by atoms with E-state index in [0.29, 0.717) is 6.61 Å². The van der Waals surface area contributed by atoms with Crippen LogP contribution in [0.25, 0.3) is 0 Å². The molecule has 0 spiro atoms. The van der Waals surface area contributed by atoms with Gasteiger partial charge in [-0.05, 0) is 25.1 Å². The van der Waals surface area contributed by atoms with Gasteiger partial charge in [0.05, 0.1) is 12.2 Å². The molecule has 15 heavy (non-hydrogen) atoms. The SMILES string of the molecule is CCOc1ccc(C(=O)O)cc1B(O)O. The summed E-state index contributed by atoms with van der Waals surface area (Å²) in [6.45, 7) is 2.12. The molecule has 0 atom stereocenters. The molecule has 0 aliphatic heterocycles. The quantitative estimate of drug-likeness (QED) is 0.581. The fraction of sp³-hybridized carbons (Fsp3) is 0.222. The van der Waals surface area contributed by atoms with Crippen molar-refractivity contribution >= 4 is 18.6 Å². The Balaban J connectivity index is 3.14. The highest BCUT2D eigenvalue weighted by molar-refractivity contribution is 6.59. The fourth-order valence-electron chi connectivity index (χ4n) is 1.17. The topological polar surface area (TPSA) is 87.0 Å². The van der Waals surface area contributed by atoms with Crippen LogP contribution in [-0.4, -0.2) is 34.8 Å². The van der Waals surface area contributed by atoms with Gasteiger partial charge in [-0.3, -0.25) is 0 Å². The summed E-state index contributed by atoms with van der Waals surface area (Å²) in [5, 5.41) is 26.7. The molecule has 0 aromatic heterocycles. The van der Waals surface area contributed by atoms with E-state index in [0.717, 1.165) is 0 Å². The van der Waals surface area contributed by atoms with Crippen molar-refractivity contribution in [3.8, 4) is 5.75 Å². The Morgan fingerprint density at radius 1 is 1.47 bits per heavy atom. The predicted octanol–water partition coefficient (Wildman–Crippen LogP) is -0.537. The molecule has 0 saturated carbocycles. The van der Waals surface area contributed by atoms with E-state index in [1.54, 1.807) is 6.92 Å². The number of benzene rings is 1. The van der Waals surface area contributed by atoms with Gasteiger partial charge in [-0.2, -0.15) is 0 Å². The van der Waals surface area contributed by atoms with E-state index >= 15 is 0 Å². The van der Waals surface area contributed by atoms with Gasteiger partial charge >= 0.3 is 13.1 Å². The minimum Gasteiger partial charge on any atom is -0.494 e. The first-order valence-corrected chi connectivity index (χ1v) is 4.42. The van der Waals surface area contributed by atoms with Gasteiger partial charge in [0.1, 0.15) is 5.75 Å². The lowest BCUT2D eigenvalue weighted by atomic mass is 9.78. The molecule has 0 fully saturated rings. The van der Waals surface area contributed by atoms with Crippen LogP contribution in [0.5, 0.6) is 5.75 Å². The van der Waals surface area contributed by atoms with Crippen LogP contribution in [0.1, 0.15) is 17.3 Å². The standard InChI is InChI=1S/C9H11BO5/c1-2-15-8-4-3-6(9(11)12)5-7(8)10(13)14/h3-5,13-14H,2H2,1H3,(H,11,12). The molecule has 0 radical (unpaired) electrons. The first-order valence-electron chi connectivity index (χ1n) is 4.42. The first kappa shape index (κ1) is 11.5. The van der Waals surface area contributed by atoms with Crippen molar-refractivity contribution in [2.24, 2.45) is 0 Å². The Kier molecular flexibility index (Phi) is 3.71. The van der Waals surface area contributed by atoms with Crippen LogP contribution in [0.4, 0.5) is 0 Å². The van der Waals surface area contributed by atoms with Crippen LogP contribution >= 0.6 is 0 Å². The minimum absolute atomic E-state index is 0.0125. The molecule has 5 nitrogen and oxygen atoms in total. The van der Waals surface area contributed by atoms with E-state index in [9.17, 15) is 4.79 Å². The van der Waals surface area contributed by atoms with Gasteiger partial charge in [0.15, 0.2) is 0 Å². The third-order valence-electron chi connectivity index (χ3n) is 1.83. The van der Waals surface area contributed by atoms with Crippen LogP contribution in [0, 0.1) is 0 Å². The number of carboxylic acids is 1. The lowest BCUT2D eigenvalue weighted by molar-refractivity contribution is 0.0697. The summed E-state index contributed by atoms with van der Waals surface area (Å²) in [6.07, 6.45) is 0. The molecule has 6 heteroatoms. The molecule has 0 amide bonds. The number of carbonyl (C=O) groups is 1. The van der Waals surface area contributed by atoms with Gasteiger partial charge < -0.3 is 19.9 Å². The average molecular weight is 210 g/mol. The van der Waals surface area contributed by atoms with Crippen molar-refractivity contribution in [3.63, 3.8) is 0 Å². The monoisotopic (exact) mass is 210 g/mol. The maximum Gasteiger partial charge on any atom is 0.492 e. The summed E-state index contributed by atoms with van der Waals surface area (Å²) < 4.78 is 5.12. The predicted molar refractivity (Wildman–Crippen MR) is 54.4 cm³/mol. The van der Waals surface area contributed by atoms with Crippen molar-refractivity contribution in [1.82, 2.24) is 0 Å². The highest BCUT2D eigenvalue weighted by atomic mass is 16.5. The van der Waals surface area contributed by atoms with Gasteiger partial charge in [-0.1, -0.05) is 0 Å². The molecule has 0 saturated heterocycles. The minimum atomic E-state index is -1.74. The lowest BCUT2D eigenvalue weighted by Gasteiger charge is -2.09. The number of aromatic carboxylic acids is 1. The molecule has 1 aromatic carbocycles. The second-order valence-corrected chi connectivity index (χ2v) is 2.86. The van der Waals surface area contributed by atoms with Crippen molar-refractivity contribution in [2.75, 3.05) is 6.61 Å². The molecular formula is C9H11BO5. The van der Waals surface area contributed by atoms with Crippen LogP contribution in [0.3, 0.4) is 0 Å². The third-order valence-corrected chi connectivity index (χ3v) is 1.83. The van der Waals surface area contributed by atoms with Gasteiger partial charge in [-0.15, -0.1) is 0 Å². The Bertz CT molecular complexity index is 364. The van der Waals surface area contributed by atoms with E-state index in [4.69, 9.17) is 19.9 Å². The largest absolute Gasteiger partial charge is 0.494 e. The van der Waals surface area contributed by atoms with E-state index < -0.39 is 13.1 Å². The second kappa shape index (κ2) is 4.81. The Morgan fingerprint density at radius 3 is 2.60 bits per heavy atom. The maximum absolute atomic E-state index is 10.6. The van der Waals surface area contributed by atoms with Crippen molar-refractivity contribution in [2.45, 2.75) is 6.92 Å². The molecule has 3 N–H and O–H groups in total. The van der Waals surface area contributed by atoms with E-state index in [1.165, 1.54) is 18.2 Å². The zero-order valence-corrected chi connectivity index (χ0v) is 8.17. The van der Waals surface area contributed by atoms with Crippen LogP contribution < -0.4 is 10.2 Å². The molecule has 1 rings (SSSR count). The Labute approximate surface area is 87.1 Å². The smallest absolute Gasteiger partial charge is 0.492 e. The number of rotatable bonds is 4. The van der Waals surface area contributed by atoms with Gasteiger partial charge in [-0.25, -0.2) is 4.79 Å². The van der Waals surface area contributed by atoms with E-state index in [1.807, 2.05) is 0 Å². The van der Waals surface area contributed by atoms with E-state index in [-0.39, 0.29) is 16.8 Å². The number of hydrogen-bond donors (Lipinski definition) is 3. The molecule has 0 aliphatic rings. The van der Waals surface area contributed by atoms with E-state index in [2.05, 4.69) is 0 Å². The first-order chi connectivity index (χ1) is 7.06. The van der Waals surface area contributed by atoms with Gasteiger partial charge in [0.25, 0.3) is 0 Å². The normalized spacial score (nSPS) is 9.80. The molecular weight excluding hydrogens is 199 g/mol. The number of ether oxygens (including phenoxy) is 1. The molecule has 80 valence electrons. The van der Waals surface area contributed by atoms with Crippen molar-refractivity contribution in [1.29, 1.82) is 0 Å². The second-order valence-electron chi connectivity index (χ2n) is 2.86. The van der Waals surface area contributed by atoms with Crippen molar-refractivity contribution < 1.29 is 24.7 Å². The number of carboxylic acid groups (broad SMARTS) is 1. The summed E-state index contributed by atoms with van der Waals surface area (Å²) in [5.41, 5.74) is 0.0401. The highest BCUT2D eigenvalue weighted by Gasteiger charge is 2.19. The van der Waals surface area contributed by atoms with Crippen LogP contribution in [0.15, 0.2) is 18.2 Å². The average Bonchev–Trinajstić information content (AvgIpc) is 2.18. The van der Waals surface area contributed by atoms with Gasteiger partial charge in [0.2, 0.25) is 0 Å². The zero-order valence-electron chi connectivity index (χ0n) is 8.17. The molecule has 0 heterocycles. The summed E-state index contributed by atoms with van der Waals surface area (Å²) in [4.78, 5) is 10.6. The lowest BCUT2D eigenvalue weighted by Crippen LogP contribution is -2.32. The van der Waals surface area contributed by atoms with Gasteiger partial charge in [0, 0.05) is 5.46 Å². The maximum atomic E-state index is 10.6. The zero-order chi connectivity index (χ0) is 11.4. The summed E-state index contributed by atoms with van der Waals surface area (Å²) in [6, 6.07) is 3.93. The third kappa shape index (κ3) is 2.71. The Hall–Kier alpha value is -1.53.